The maximum Gasteiger partial charge on any atom is 0.189 e. The summed E-state index contributed by atoms with van der Waals surface area (Å²) in [6, 6.07) is 9.42. The number of nitrogens with two attached hydrogens (primary N) is 1. The van der Waals surface area contributed by atoms with E-state index in [1.807, 2.05) is 51.1 Å². The lowest BCUT2D eigenvalue weighted by molar-refractivity contribution is 0.187. The molecule has 0 saturated heterocycles. The van der Waals surface area contributed by atoms with E-state index in [9.17, 15) is 5.11 Å². The smallest absolute Gasteiger partial charge is 0.189 e. The van der Waals surface area contributed by atoms with Crippen molar-refractivity contribution >= 4 is 5.96 Å². The first-order chi connectivity index (χ1) is 7.88. The molecule has 0 radical (unpaired) electrons. The Morgan fingerprint density at radius 3 is 2.47 bits per heavy atom. The molecule has 1 unspecified atom stereocenters. The first-order valence-corrected chi connectivity index (χ1v) is 5.69. The Labute approximate surface area is 103 Å². The van der Waals surface area contributed by atoms with Gasteiger partial charge in [-0.25, -0.2) is 0 Å². The largest absolute Gasteiger partial charge is 0.386 e. The van der Waals surface area contributed by atoms with E-state index in [0.717, 1.165) is 5.56 Å². The van der Waals surface area contributed by atoms with Gasteiger partial charge in [0.2, 0.25) is 0 Å². The summed E-state index contributed by atoms with van der Waals surface area (Å²) in [6.07, 6.45) is -0.614. The third kappa shape index (κ3) is 5.36. The molecule has 4 N–H and O–H groups in total. The number of aliphatic hydroxyl groups excluding tert-OH is 1. The fraction of sp³-hybridized carbons (Fsp3) is 0.462. The summed E-state index contributed by atoms with van der Waals surface area (Å²) in [5.74, 6) is 0.354. The number of guanidine groups is 1. The van der Waals surface area contributed by atoms with E-state index < -0.39 is 6.10 Å². The molecule has 0 aliphatic heterocycles. The van der Waals surface area contributed by atoms with Crippen molar-refractivity contribution in [1.29, 1.82) is 0 Å². The van der Waals surface area contributed by atoms with Crippen LogP contribution in [0, 0.1) is 0 Å². The Kier molecular flexibility index (Phi) is 4.52. The number of nitrogens with one attached hydrogen (secondary N) is 1. The van der Waals surface area contributed by atoms with E-state index in [-0.39, 0.29) is 12.1 Å². The second-order valence-corrected chi connectivity index (χ2v) is 5.03. The maximum absolute atomic E-state index is 9.88. The summed E-state index contributed by atoms with van der Waals surface area (Å²) in [5, 5.41) is 12.9. The van der Waals surface area contributed by atoms with Gasteiger partial charge in [-0.3, -0.25) is 4.99 Å². The molecular formula is C13H21N3O. The average Bonchev–Trinajstić information content (AvgIpc) is 2.25. The van der Waals surface area contributed by atoms with Crippen molar-refractivity contribution in [1.82, 2.24) is 5.32 Å². The average molecular weight is 235 g/mol. The van der Waals surface area contributed by atoms with Crippen LogP contribution in [-0.2, 0) is 0 Å². The normalized spacial score (nSPS) is 14.5. The second kappa shape index (κ2) is 5.68. The van der Waals surface area contributed by atoms with Crippen LogP contribution in [-0.4, -0.2) is 23.1 Å². The monoisotopic (exact) mass is 235 g/mol. The SMILES string of the molecule is CC(C)(C)NC(N)=NCC(O)c1ccccc1. The van der Waals surface area contributed by atoms with Gasteiger partial charge in [-0.2, -0.15) is 0 Å². The van der Waals surface area contributed by atoms with Crippen molar-refractivity contribution in [3.05, 3.63) is 35.9 Å². The number of rotatable bonds is 3. The molecule has 1 rings (SSSR count). The van der Waals surface area contributed by atoms with E-state index >= 15 is 0 Å². The highest BCUT2D eigenvalue weighted by molar-refractivity contribution is 5.78. The van der Waals surface area contributed by atoms with Crippen LogP contribution in [0.15, 0.2) is 35.3 Å². The predicted molar refractivity (Wildman–Crippen MR) is 70.8 cm³/mol. The third-order valence-electron chi connectivity index (χ3n) is 2.12. The van der Waals surface area contributed by atoms with Gasteiger partial charge in [0.25, 0.3) is 0 Å². The van der Waals surface area contributed by atoms with Crippen molar-refractivity contribution in [3.8, 4) is 0 Å². The van der Waals surface area contributed by atoms with Gasteiger partial charge in [0.15, 0.2) is 5.96 Å². The van der Waals surface area contributed by atoms with Crippen molar-refractivity contribution in [2.24, 2.45) is 10.7 Å². The zero-order valence-electron chi connectivity index (χ0n) is 10.6. The Morgan fingerprint density at radius 1 is 1.35 bits per heavy atom. The Hall–Kier alpha value is -1.55. The topological polar surface area (TPSA) is 70.6 Å². The van der Waals surface area contributed by atoms with Crippen LogP contribution in [0.2, 0.25) is 0 Å². The second-order valence-electron chi connectivity index (χ2n) is 5.03. The summed E-state index contributed by atoms with van der Waals surface area (Å²) in [7, 11) is 0. The van der Waals surface area contributed by atoms with Gasteiger partial charge in [0.05, 0.1) is 12.6 Å². The van der Waals surface area contributed by atoms with Gasteiger partial charge in [-0.15, -0.1) is 0 Å². The van der Waals surface area contributed by atoms with Gasteiger partial charge in [0.1, 0.15) is 0 Å². The predicted octanol–water partition coefficient (Wildman–Crippen LogP) is 1.42. The van der Waals surface area contributed by atoms with Gasteiger partial charge in [0, 0.05) is 5.54 Å². The Bertz CT molecular complexity index is 368. The minimum Gasteiger partial charge on any atom is -0.386 e. The molecule has 0 amide bonds. The molecule has 0 heterocycles. The summed E-state index contributed by atoms with van der Waals surface area (Å²) in [5.41, 5.74) is 6.44. The molecule has 17 heavy (non-hydrogen) atoms. The number of nitrogens with zero attached hydrogens (tertiary/aromatic N) is 1. The first-order valence-electron chi connectivity index (χ1n) is 5.69. The molecule has 0 aromatic heterocycles. The number of benzene rings is 1. The van der Waals surface area contributed by atoms with Crippen LogP contribution in [0.1, 0.15) is 32.4 Å². The van der Waals surface area contributed by atoms with Gasteiger partial charge >= 0.3 is 0 Å². The van der Waals surface area contributed by atoms with Crippen LogP contribution >= 0.6 is 0 Å². The molecule has 1 aromatic rings. The summed E-state index contributed by atoms with van der Waals surface area (Å²) < 4.78 is 0. The molecular weight excluding hydrogens is 214 g/mol. The molecule has 1 atom stereocenters. The zero-order chi connectivity index (χ0) is 12.9. The van der Waals surface area contributed by atoms with Gasteiger partial charge in [-0.05, 0) is 26.3 Å². The highest BCUT2D eigenvalue weighted by Crippen LogP contribution is 2.11. The van der Waals surface area contributed by atoms with Crippen molar-refractivity contribution in [2.45, 2.75) is 32.4 Å². The zero-order valence-corrected chi connectivity index (χ0v) is 10.6. The van der Waals surface area contributed by atoms with E-state index in [0.29, 0.717) is 5.96 Å². The standard InChI is InChI=1S/C13H21N3O/c1-13(2,3)16-12(14)15-9-11(17)10-7-5-4-6-8-10/h4-8,11,17H,9H2,1-3H3,(H3,14,15,16). The quantitative estimate of drug-likeness (QED) is 0.548. The molecule has 0 aliphatic carbocycles. The number of hydrogen-bond donors (Lipinski definition) is 3. The molecule has 0 bridgehead atoms. The van der Waals surface area contributed by atoms with Gasteiger partial charge < -0.3 is 16.2 Å². The van der Waals surface area contributed by atoms with Crippen molar-refractivity contribution < 1.29 is 5.11 Å². The van der Waals surface area contributed by atoms with Crippen LogP contribution in [0.3, 0.4) is 0 Å². The number of aliphatic imine (C=N–C) groups is 1. The fourth-order valence-corrected chi connectivity index (χ4v) is 1.39. The van der Waals surface area contributed by atoms with Crippen molar-refractivity contribution in [2.75, 3.05) is 6.54 Å². The highest BCUT2D eigenvalue weighted by Gasteiger charge is 2.11. The summed E-state index contributed by atoms with van der Waals surface area (Å²) in [4.78, 5) is 4.12. The van der Waals surface area contributed by atoms with Crippen LogP contribution < -0.4 is 11.1 Å². The minimum atomic E-state index is -0.614. The first kappa shape index (κ1) is 13.5. The van der Waals surface area contributed by atoms with Crippen LogP contribution in [0.4, 0.5) is 0 Å². The molecule has 94 valence electrons. The lowest BCUT2D eigenvalue weighted by Gasteiger charge is -2.21. The maximum atomic E-state index is 9.88. The Morgan fingerprint density at radius 2 is 1.94 bits per heavy atom. The molecule has 0 fully saturated rings. The molecule has 0 saturated carbocycles. The van der Waals surface area contributed by atoms with E-state index in [4.69, 9.17) is 5.73 Å². The molecule has 4 nitrogen and oxygen atoms in total. The molecule has 1 aromatic carbocycles. The number of hydrogen-bond acceptors (Lipinski definition) is 2. The lowest BCUT2D eigenvalue weighted by Crippen LogP contribution is -2.45. The fourth-order valence-electron chi connectivity index (χ4n) is 1.39. The highest BCUT2D eigenvalue weighted by atomic mass is 16.3. The van der Waals surface area contributed by atoms with Crippen LogP contribution in [0.25, 0.3) is 0 Å². The Balaban J connectivity index is 2.53. The van der Waals surface area contributed by atoms with E-state index in [2.05, 4.69) is 10.3 Å². The van der Waals surface area contributed by atoms with E-state index in [1.54, 1.807) is 0 Å². The third-order valence-corrected chi connectivity index (χ3v) is 2.12. The van der Waals surface area contributed by atoms with E-state index in [1.165, 1.54) is 0 Å². The minimum absolute atomic E-state index is 0.120. The summed E-state index contributed by atoms with van der Waals surface area (Å²) >= 11 is 0. The van der Waals surface area contributed by atoms with Gasteiger partial charge in [-0.1, -0.05) is 30.3 Å². The lowest BCUT2D eigenvalue weighted by atomic mass is 10.1. The number of aliphatic hydroxyl groups is 1. The summed E-state index contributed by atoms with van der Waals surface area (Å²) in [6.45, 7) is 6.27. The molecule has 0 spiro atoms. The molecule has 4 heteroatoms. The van der Waals surface area contributed by atoms with Crippen LogP contribution in [0.5, 0.6) is 0 Å². The molecule has 0 aliphatic rings. The van der Waals surface area contributed by atoms with Crippen molar-refractivity contribution in [3.63, 3.8) is 0 Å².